The maximum atomic E-state index is 12.1. The molecule has 1 aromatic rings. The van der Waals surface area contributed by atoms with Crippen molar-refractivity contribution in [2.75, 3.05) is 25.4 Å². The Hall–Kier alpha value is -0.640. The number of nitrogens with one attached hydrogen (secondary N) is 1. The summed E-state index contributed by atoms with van der Waals surface area (Å²) in [6.45, 7) is 0.0353. The van der Waals surface area contributed by atoms with E-state index in [2.05, 4.69) is 41.3 Å². The fourth-order valence-corrected chi connectivity index (χ4v) is 3.04. The maximum absolute atomic E-state index is 12.1. The van der Waals surface area contributed by atoms with E-state index in [1.54, 1.807) is 18.2 Å². The standard InChI is InChI=1S/C11H14Br2N2O4S/c1-15(6-5-11(16)19-2)20(17,18)14-10-7-8(12)3-4-9(10)13/h3-4,7,14H,5-6H2,1-2H3. The summed E-state index contributed by atoms with van der Waals surface area (Å²) in [5, 5.41) is 0. The van der Waals surface area contributed by atoms with E-state index in [1.165, 1.54) is 14.2 Å². The number of carbonyl (C=O) groups is 1. The lowest BCUT2D eigenvalue weighted by Crippen LogP contribution is -2.34. The smallest absolute Gasteiger partial charge is 0.306 e. The highest BCUT2D eigenvalue weighted by molar-refractivity contribution is 9.11. The molecule has 0 aliphatic heterocycles. The molecule has 0 radical (unpaired) electrons. The maximum Gasteiger partial charge on any atom is 0.306 e. The van der Waals surface area contributed by atoms with Crippen molar-refractivity contribution in [3.05, 3.63) is 27.1 Å². The zero-order valence-electron chi connectivity index (χ0n) is 10.9. The first kappa shape index (κ1) is 17.4. The van der Waals surface area contributed by atoms with Crippen molar-refractivity contribution in [3.63, 3.8) is 0 Å². The van der Waals surface area contributed by atoms with Gasteiger partial charge in [0.15, 0.2) is 0 Å². The van der Waals surface area contributed by atoms with E-state index in [4.69, 9.17) is 0 Å². The molecule has 0 atom stereocenters. The lowest BCUT2D eigenvalue weighted by Gasteiger charge is -2.18. The third-order valence-electron chi connectivity index (χ3n) is 2.44. The molecule has 0 unspecified atom stereocenters. The summed E-state index contributed by atoms with van der Waals surface area (Å²) < 4.78 is 33.5. The van der Waals surface area contributed by atoms with Gasteiger partial charge in [0.25, 0.3) is 0 Å². The van der Waals surface area contributed by atoms with E-state index in [1.807, 2.05) is 0 Å². The van der Waals surface area contributed by atoms with Crippen LogP contribution in [0.1, 0.15) is 6.42 Å². The van der Waals surface area contributed by atoms with Crippen molar-refractivity contribution in [3.8, 4) is 0 Å². The van der Waals surface area contributed by atoms with Crippen molar-refractivity contribution >= 4 is 53.7 Å². The zero-order valence-corrected chi connectivity index (χ0v) is 14.9. The number of nitrogens with zero attached hydrogens (tertiary/aromatic N) is 1. The van der Waals surface area contributed by atoms with E-state index < -0.39 is 16.2 Å². The summed E-state index contributed by atoms with van der Waals surface area (Å²) >= 11 is 6.53. The van der Waals surface area contributed by atoms with Crippen molar-refractivity contribution in [2.45, 2.75) is 6.42 Å². The first-order valence-electron chi connectivity index (χ1n) is 5.52. The zero-order chi connectivity index (χ0) is 15.3. The lowest BCUT2D eigenvalue weighted by atomic mass is 10.3. The van der Waals surface area contributed by atoms with Gasteiger partial charge >= 0.3 is 16.2 Å². The average molecular weight is 430 g/mol. The Morgan fingerprint density at radius 3 is 2.65 bits per heavy atom. The summed E-state index contributed by atoms with van der Waals surface area (Å²) in [4.78, 5) is 11.0. The van der Waals surface area contributed by atoms with Crippen LogP contribution in [-0.4, -0.2) is 39.4 Å². The van der Waals surface area contributed by atoms with Crippen LogP contribution in [0.5, 0.6) is 0 Å². The third-order valence-corrected chi connectivity index (χ3v) is 5.10. The van der Waals surface area contributed by atoms with Gasteiger partial charge in [-0.2, -0.15) is 12.7 Å². The Labute approximate surface area is 134 Å². The van der Waals surface area contributed by atoms with Crippen LogP contribution in [0.4, 0.5) is 5.69 Å². The Balaban J connectivity index is 2.78. The van der Waals surface area contributed by atoms with Gasteiger partial charge < -0.3 is 4.74 Å². The van der Waals surface area contributed by atoms with Crippen LogP contribution in [0.25, 0.3) is 0 Å². The number of carbonyl (C=O) groups excluding carboxylic acids is 1. The highest BCUT2D eigenvalue weighted by atomic mass is 79.9. The second-order valence-corrected chi connectivity index (χ2v) is 7.43. The Morgan fingerprint density at radius 2 is 2.05 bits per heavy atom. The number of rotatable bonds is 6. The number of anilines is 1. The van der Waals surface area contributed by atoms with E-state index >= 15 is 0 Å². The summed E-state index contributed by atoms with van der Waals surface area (Å²) in [7, 11) is -1.09. The first-order valence-corrected chi connectivity index (χ1v) is 8.55. The van der Waals surface area contributed by atoms with E-state index in [0.717, 1.165) is 8.78 Å². The second kappa shape index (κ2) is 7.39. The minimum Gasteiger partial charge on any atom is -0.469 e. The average Bonchev–Trinajstić information content (AvgIpc) is 2.39. The molecule has 1 rings (SSSR count). The van der Waals surface area contributed by atoms with Gasteiger partial charge in [-0.1, -0.05) is 15.9 Å². The van der Waals surface area contributed by atoms with E-state index in [-0.39, 0.29) is 13.0 Å². The SMILES string of the molecule is COC(=O)CCN(C)S(=O)(=O)Nc1cc(Br)ccc1Br. The minimum atomic E-state index is -3.73. The van der Waals surface area contributed by atoms with Crippen molar-refractivity contribution < 1.29 is 17.9 Å². The van der Waals surface area contributed by atoms with E-state index in [0.29, 0.717) is 10.2 Å². The van der Waals surface area contributed by atoms with E-state index in [9.17, 15) is 13.2 Å². The molecular formula is C11H14Br2N2O4S. The molecule has 9 heteroatoms. The molecule has 0 saturated heterocycles. The molecule has 0 amide bonds. The van der Waals surface area contributed by atoms with Gasteiger partial charge in [-0.3, -0.25) is 9.52 Å². The molecule has 20 heavy (non-hydrogen) atoms. The minimum absolute atomic E-state index is 0.00639. The molecule has 0 aliphatic carbocycles. The Kier molecular flexibility index (Phi) is 6.44. The van der Waals surface area contributed by atoms with Gasteiger partial charge in [0.05, 0.1) is 19.2 Å². The molecule has 0 spiro atoms. The molecule has 0 aliphatic rings. The van der Waals surface area contributed by atoms with Crippen LogP contribution >= 0.6 is 31.9 Å². The van der Waals surface area contributed by atoms with Crippen LogP contribution in [0.3, 0.4) is 0 Å². The van der Waals surface area contributed by atoms with Crippen LogP contribution in [0.2, 0.25) is 0 Å². The molecule has 0 fully saturated rings. The second-order valence-electron chi connectivity index (χ2n) is 3.88. The fraction of sp³-hybridized carbons (Fsp3) is 0.364. The third kappa shape index (κ3) is 5.04. The van der Waals surface area contributed by atoms with Gasteiger partial charge in [-0.15, -0.1) is 0 Å². The van der Waals surface area contributed by atoms with Crippen LogP contribution in [-0.2, 0) is 19.7 Å². The number of halogens is 2. The number of hydrogen-bond donors (Lipinski definition) is 1. The van der Waals surface area contributed by atoms with Crippen molar-refractivity contribution in [1.29, 1.82) is 0 Å². The quantitative estimate of drug-likeness (QED) is 0.704. The molecule has 0 bridgehead atoms. The number of hydrogen-bond acceptors (Lipinski definition) is 4. The number of benzene rings is 1. The largest absolute Gasteiger partial charge is 0.469 e. The molecule has 112 valence electrons. The summed E-state index contributed by atoms with van der Waals surface area (Å²) in [6, 6.07) is 5.13. The monoisotopic (exact) mass is 428 g/mol. The first-order chi connectivity index (χ1) is 9.26. The topological polar surface area (TPSA) is 75.7 Å². The van der Waals surface area contributed by atoms with Crippen molar-refractivity contribution in [1.82, 2.24) is 4.31 Å². The van der Waals surface area contributed by atoms with Crippen LogP contribution in [0, 0.1) is 0 Å². The number of ether oxygens (including phenoxy) is 1. The highest BCUT2D eigenvalue weighted by Crippen LogP contribution is 2.27. The van der Waals surface area contributed by atoms with Crippen molar-refractivity contribution in [2.24, 2.45) is 0 Å². The van der Waals surface area contributed by atoms with Gasteiger partial charge in [0.2, 0.25) is 0 Å². The molecule has 0 saturated carbocycles. The van der Waals surface area contributed by atoms with Crippen LogP contribution < -0.4 is 4.72 Å². The summed E-state index contributed by atoms with van der Waals surface area (Å²) in [5.74, 6) is -0.462. The predicted molar refractivity (Wildman–Crippen MR) is 83.6 cm³/mol. The molecule has 1 N–H and O–H groups in total. The Morgan fingerprint density at radius 1 is 1.40 bits per heavy atom. The fourth-order valence-electron chi connectivity index (χ4n) is 1.26. The van der Waals surface area contributed by atoms with Gasteiger partial charge in [-0.25, -0.2) is 0 Å². The number of methoxy groups -OCH3 is 1. The van der Waals surface area contributed by atoms with Crippen LogP contribution in [0.15, 0.2) is 27.1 Å². The summed E-state index contributed by atoms with van der Waals surface area (Å²) in [5.41, 5.74) is 0.407. The summed E-state index contributed by atoms with van der Waals surface area (Å²) in [6.07, 6.45) is -0.00639. The molecule has 6 nitrogen and oxygen atoms in total. The van der Waals surface area contributed by atoms with Gasteiger partial charge in [0, 0.05) is 22.5 Å². The highest BCUT2D eigenvalue weighted by Gasteiger charge is 2.19. The molecular weight excluding hydrogens is 416 g/mol. The molecule has 0 aromatic heterocycles. The lowest BCUT2D eigenvalue weighted by molar-refractivity contribution is -0.140. The van der Waals surface area contributed by atoms with Gasteiger partial charge in [0.1, 0.15) is 0 Å². The Bertz CT molecular complexity index is 592. The molecule has 1 aromatic carbocycles. The predicted octanol–water partition coefficient (Wildman–Crippen LogP) is 2.36. The van der Waals surface area contributed by atoms with Gasteiger partial charge in [-0.05, 0) is 34.1 Å². The number of esters is 1. The normalized spacial score (nSPS) is 11.4. The molecule has 0 heterocycles.